The SMILES string of the molecule is CN(C[C@H]1COc2ccccc2O1)S(=O)(=O)c1ccc(S(=O)(=O)NC2CC2)cc1. The Kier molecular flexibility index (Phi) is 5.28. The second-order valence-electron chi connectivity index (χ2n) is 7.15. The number of likely N-dealkylation sites (N-methyl/N-ethyl adjacent to an activating group) is 1. The Morgan fingerprint density at radius 2 is 1.59 bits per heavy atom. The first-order valence-corrected chi connectivity index (χ1v) is 12.2. The third-order valence-corrected chi connectivity index (χ3v) is 8.14. The Morgan fingerprint density at radius 3 is 2.24 bits per heavy atom. The summed E-state index contributed by atoms with van der Waals surface area (Å²) in [5.41, 5.74) is 0. The Labute approximate surface area is 170 Å². The van der Waals surface area contributed by atoms with Gasteiger partial charge in [0.1, 0.15) is 12.7 Å². The molecule has 0 saturated heterocycles. The molecule has 2 aliphatic rings. The van der Waals surface area contributed by atoms with E-state index in [1.807, 2.05) is 12.1 Å². The summed E-state index contributed by atoms with van der Waals surface area (Å²) in [6.07, 6.45) is 1.20. The summed E-state index contributed by atoms with van der Waals surface area (Å²) in [4.78, 5) is 0.0640. The fourth-order valence-electron chi connectivity index (χ4n) is 3.00. The zero-order chi connectivity index (χ0) is 20.6. The number of nitrogens with zero attached hydrogens (tertiary/aromatic N) is 1. The molecule has 1 N–H and O–H groups in total. The maximum atomic E-state index is 12.9. The van der Waals surface area contributed by atoms with E-state index in [2.05, 4.69) is 4.72 Å². The molecule has 10 heteroatoms. The Bertz CT molecular complexity index is 1100. The minimum Gasteiger partial charge on any atom is -0.486 e. The van der Waals surface area contributed by atoms with Gasteiger partial charge in [-0.1, -0.05) is 12.1 Å². The Hall–Kier alpha value is -2.14. The summed E-state index contributed by atoms with van der Waals surface area (Å²) in [7, 11) is -5.97. The lowest BCUT2D eigenvalue weighted by Gasteiger charge is -2.29. The van der Waals surface area contributed by atoms with Gasteiger partial charge in [-0.2, -0.15) is 4.31 Å². The van der Waals surface area contributed by atoms with Crippen LogP contribution in [0.3, 0.4) is 0 Å². The molecule has 4 rings (SSSR count). The van der Waals surface area contributed by atoms with Crippen molar-refractivity contribution in [2.24, 2.45) is 0 Å². The molecule has 0 spiro atoms. The zero-order valence-corrected chi connectivity index (χ0v) is 17.4. The van der Waals surface area contributed by atoms with Gasteiger partial charge in [0.2, 0.25) is 20.0 Å². The summed E-state index contributed by atoms with van der Waals surface area (Å²) in [5.74, 6) is 1.21. The first kappa shape index (κ1) is 20.1. The molecule has 0 bridgehead atoms. The molecular weight excluding hydrogens is 416 g/mol. The van der Waals surface area contributed by atoms with Gasteiger partial charge in [-0.25, -0.2) is 21.6 Å². The average molecular weight is 439 g/mol. The minimum atomic E-state index is -3.81. The van der Waals surface area contributed by atoms with Gasteiger partial charge in [0.05, 0.1) is 16.3 Å². The van der Waals surface area contributed by atoms with Crippen molar-refractivity contribution >= 4 is 20.0 Å². The van der Waals surface area contributed by atoms with Gasteiger partial charge in [-0.3, -0.25) is 0 Å². The quantitative estimate of drug-likeness (QED) is 0.704. The predicted molar refractivity (Wildman–Crippen MR) is 106 cm³/mol. The largest absolute Gasteiger partial charge is 0.486 e. The molecule has 0 aromatic heterocycles. The van der Waals surface area contributed by atoms with Crippen LogP contribution in [0.1, 0.15) is 12.8 Å². The molecule has 2 aromatic carbocycles. The van der Waals surface area contributed by atoms with Crippen LogP contribution in [0.5, 0.6) is 11.5 Å². The number of sulfonamides is 2. The van der Waals surface area contributed by atoms with E-state index in [4.69, 9.17) is 9.47 Å². The molecule has 1 saturated carbocycles. The van der Waals surface area contributed by atoms with Crippen LogP contribution in [0, 0.1) is 0 Å². The van der Waals surface area contributed by atoms with Crippen molar-refractivity contribution in [2.75, 3.05) is 20.2 Å². The second-order valence-corrected chi connectivity index (χ2v) is 10.9. The van der Waals surface area contributed by atoms with Crippen LogP contribution >= 0.6 is 0 Å². The van der Waals surface area contributed by atoms with E-state index in [1.54, 1.807) is 12.1 Å². The number of fused-ring (bicyclic) bond motifs is 1. The Balaban J connectivity index is 1.45. The molecule has 2 aromatic rings. The van der Waals surface area contributed by atoms with E-state index < -0.39 is 26.2 Å². The van der Waals surface area contributed by atoms with Gasteiger partial charge < -0.3 is 9.47 Å². The van der Waals surface area contributed by atoms with Crippen LogP contribution in [0.2, 0.25) is 0 Å². The summed E-state index contributed by atoms with van der Waals surface area (Å²) < 4.78 is 65.4. The van der Waals surface area contributed by atoms with Crippen molar-refractivity contribution in [3.63, 3.8) is 0 Å². The fourth-order valence-corrected chi connectivity index (χ4v) is 5.50. The van der Waals surface area contributed by atoms with Crippen LogP contribution in [-0.4, -0.2) is 53.5 Å². The van der Waals surface area contributed by atoms with E-state index in [0.717, 1.165) is 12.8 Å². The highest BCUT2D eigenvalue weighted by atomic mass is 32.2. The summed E-state index contributed by atoms with van der Waals surface area (Å²) >= 11 is 0. The highest BCUT2D eigenvalue weighted by molar-refractivity contribution is 7.89. The molecule has 1 atom stereocenters. The number of ether oxygens (including phenoxy) is 2. The lowest BCUT2D eigenvalue weighted by molar-refractivity contribution is 0.0798. The van der Waals surface area contributed by atoms with E-state index in [-0.39, 0.29) is 29.0 Å². The fraction of sp³-hybridized carbons (Fsp3) is 0.368. The molecule has 0 radical (unpaired) electrons. The molecule has 1 aliphatic carbocycles. The molecule has 1 fully saturated rings. The van der Waals surface area contributed by atoms with Crippen LogP contribution in [0.4, 0.5) is 0 Å². The van der Waals surface area contributed by atoms with Crippen molar-refractivity contribution in [1.82, 2.24) is 9.03 Å². The maximum Gasteiger partial charge on any atom is 0.242 e. The lowest BCUT2D eigenvalue weighted by Crippen LogP contribution is -2.41. The normalized spacial score (nSPS) is 19.3. The number of benzene rings is 2. The van der Waals surface area contributed by atoms with Crippen LogP contribution in [0.25, 0.3) is 0 Å². The maximum absolute atomic E-state index is 12.9. The number of hydrogen-bond acceptors (Lipinski definition) is 6. The summed E-state index contributed by atoms with van der Waals surface area (Å²) in [5, 5.41) is 0. The van der Waals surface area contributed by atoms with Crippen molar-refractivity contribution in [3.8, 4) is 11.5 Å². The molecule has 29 heavy (non-hydrogen) atoms. The number of rotatable bonds is 7. The molecule has 1 heterocycles. The average Bonchev–Trinajstić information content (AvgIpc) is 3.51. The van der Waals surface area contributed by atoms with Crippen molar-refractivity contribution in [1.29, 1.82) is 0 Å². The first-order chi connectivity index (χ1) is 13.8. The molecule has 0 unspecified atom stereocenters. The van der Waals surface area contributed by atoms with Crippen molar-refractivity contribution in [3.05, 3.63) is 48.5 Å². The second kappa shape index (κ2) is 7.60. The van der Waals surface area contributed by atoms with Crippen LogP contribution in [-0.2, 0) is 20.0 Å². The topological polar surface area (TPSA) is 102 Å². The summed E-state index contributed by atoms with van der Waals surface area (Å²) in [6, 6.07) is 12.4. The third kappa shape index (κ3) is 4.40. The van der Waals surface area contributed by atoms with Crippen LogP contribution < -0.4 is 14.2 Å². The number of hydrogen-bond donors (Lipinski definition) is 1. The van der Waals surface area contributed by atoms with Gasteiger partial charge in [-0.05, 0) is 49.2 Å². The van der Waals surface area contributed by atoms with Gasteiger partial charge in [-0.15, -0.1) is 0 Å². The smallest absolute Gasteiger partial charge is 0.242 e. The lowest BCUT2D eigenvalue weighted by atomic mass is 10.2. The first-order valence-electron chi connectivity index (χ1n) is 9.23. The van der Waals surface area contributed by atoms with E-state index in [1.165, 1.54) is 35.6 Å². The highest BCUT2D eigenvalue weighted by Crippen LogP contribution is 2.31. The molecule has 8 nitrogen and oxygen atoms in total. The monoisotopic (exact) mass is 438 g/mol. The van der Waals surface area contributed by atoms with E-state index in [9.17, 15) is 16.8 Å². The molecule has 1 aliphatic heterocycles. The number of para-hydroxylation sites is 2. The molecule has 156 valence electrons. The van der Waals surface area contributed by atoms with E-state index >= 15 is 0 Å². The van der Waals surface area contributed by atoms with Gasteiger partial charge >= 0.3 is 0 Å². The van der Waals surface area contributed by atoms with E-state index in [0.29, 0.717) is 11.5 Å². The van der Waals surface area contributed by atoms with Crippen molar-refractivity contribution in [2.45, 2.75) is 34.8 Å². The highest BCUT2D eigenvalue weighted by Gasteiger charge is 2.30. The molecular formula is C19H22N2O6S2. The molecule has 0 amide bonds. The van der Waals surface area contributed by atoms with Gasteiger partial charge in [0.25, 0.3) is 0 Å². The predicted octanol–water partition coefficient (Wildman–Crippen LogP) is 1.59. The zero-order valence-electron chi connectivity index (χ0n) is 15.8. The Morgan fingerprint density at radius 1 is 0.966 bits per heavy atom. The number of nitrogens with one attached hydrogen (secondary N) is 1. The summed E-state index contributed by atoms with van der Waals surface area (Å²) in [6.45, 7) is 0.334. The standard InChI is InChI=1S/C19H22N2O6S2/c1-21(12-15-13-26-18-4-2-3-5-19(18)27-15)29(24,25)17-10-8-16(9-11-17)28(22,23)20-14-6-7-14/h2-5,8-11,14-15,20H,6-7,12-13H2,1H3/t15-/m0/s1. The van der Waals surface area contributed by atoms with Gasteiger partial charge in [0, 0.05) is 13.1 Å². The third-order valence-electron chi connectivity index (χ3n) is 4.77. The van der Waals surface area contributed by atoms with Gasteiger partial charge in [0.15, 0.2) is 11.5 Å². The van der Waals surface area contributed by atoms with Crippen LogP contribution in [0.15, 0.2) is 58.3 Å². The van der Waals surface area contributed by atoms with Crippen molar-refractivity contribution < 1.29 is 26.3 Å². The minimum absolute atomic E-state index is 0.0162.